The number of rotatable bonds is 3. The SMILES string of the molecule is COc1ccc(OC)c2c(C)c([Si](C)(C)C)sc12. The van der Waals surface area contributed by atoms with Gasteiger partial charge in [-0.15, -0.1) is 11.3 Å². The Morgan fingerprint density at radius 1 is 1.00 bits per heavy atom. The molecule has 0 spiro atoms. The van der Waals surface area contributed by atoms with Crippen LogP contribution in [0.3, 0.4) is 0 Å². The molecule has 98 valence electrons. The number of methoxy groups -OCH3 is 2. The Labute approximate surface area is 114 Å². The largest absolute Gasteiger partial charge is 0.496 e. The second kappa shape index (κ2) is 4.59. The van der Waals surface area contributed by atoms with Crippen molar-refractivity contribution in [3.05, 3.63) is 17.7 Å². The van der Waals surface area contributed by atoms with Crippen molar-refractivity contribution >= 4 is 34.0 Å². The Balaban J connectivity index is 2.85. The highest BCUT2D eigenvalue weighted by atomic mass is 32.1. The summed E-state index contributed by atoms with van der Waals surface area (Å²) in [5, 5.41) is 1.22. The molecule has 2 aromatic rings. The first kappa shape index (κ1) is 13.4. The molecule has 4 heteroatoms. The van der Waals surface area contributed by atoms with Crippen LogP contribution in [0.5, 0.6) is 11.5 Å². The maximum absolute atomic E-state index is 5.50. The summed E-state index contributed by atoms with van der Waals surface area (Å²) in [6.07, 6.45) is 0. The van der Waals surface area contributed by atoms with Gasteiger partial charge in [0.1, 0.15) is 11.5 Å². The molecule has 0 bridgehead atoms. The quantitative estimate of drug-likeness (QED) is 0.797. The molecule has 1 aromatic heterocycles. The molecule has 0 saturated carbocycles. The summed E-state index contributed by atoms with van der Waals surface area (Å²) in [7, 11) is 2.13. The normalized spacial score (nSPS) is 11.9. The van der Waals surface area contributed by atoms with Gasteiger partial charge in [-0.05, 0) is 29.1 Å². The molecular weight excluding hydrogens is 260 g/mol. The van der Waals surface area contributed by atoms with Crippen molar-refractivity contribution in [2.45, 2.75) is 26.6 Å². The second-order valence-electron chi connectivity index (χ2n) is 5.48. The third kappa shape index (κ3) is 2.04. The molecule has 18 heavy (non-hydrogen) atoms. The summed E-state index contributed by atoms with van der Waals surface area (Å²) in [5.74, 6) is 1.90. The van der Waals surface area contributed by atoms with E-state index < -0.39 is 8.07 Å². The van der Waals surface area contributed by atoms with Crippen LogP contribution >= 0.6 is 11.3 Å². The second-order valence-corrected chi connectivity index (χ2v) is 11.9. The van der Waals surface area contributed by atoms with Gasteiger partial charge in [0.2, 0.25) is 0 Å². The van der Waals surface area contributed by atoms with Gasteiger partial charge in [0.05, 0.1) is 27.0 Å². The van der Waals surface area contributed by atoms with E-state index in [0.717, 1.165) is 11.5 Å². The maximum Gasteiger partial charge on any atom is 0.136 e. The highest BCUT2D eigenvalue weighted by Gasteiger charge is 2.25. The van der Waals surface area contributed by atoms with E-state index in [1.54, 1.807) is 14.2 Å². The minimum absolute atomic E-state index is 0.948. The van der Waals surface area contributed by atoms with E-state index in [0.29, 0.717) is 0 Å². The average Bonchev–Trinajstić information content (AvgIpc) is 2.66. The average molecular weight is 280 g/mol. The molecule has 2 rings (SSSR count). The van der Waals surface area contributed by atoms with Gasteiger partial charge in [0.25, 0.3) is 0 Å². The van der Waals surface area contributed by atoms with Gasteiger partial charge in [0.15, 0.2) is 0 Å². The fourth-order valence-corrected chi connectivity index (χ4v) is 6.19. The minimum atomic E-state index is -1.32. The Morgan fingerprint density at radius 2 is 1.56 bits per heavy atom. The zero-order chi connectivity index (χ0) is 13.5. The lowest BCUT2D eigenvalue weighted by atomic mass is 10.1. The van der Waals surface area contributed by atoms with Crippen LogP contribution in [0.1, 0.15) is 5.56 Å². The van der Waals surface area contributed by atoms with Gasteiger partial charge >= 0.3 is 0 Å². The first-order chi connectivity index (χ1) is 8.40. The van der Waals surface area contributed by atoms with E-state index in [9.17, 15) is 0 Å². The molecule has 0 unspecified atom stereocenters. The molecule has 0 N–H and O–H groups in total. The lowest BCUT2D eigenvalue weighted by Gasteiger charge is -2.14. The van der Waals surface area contributed by atoms with Crippen molar-refractivity contribution in [1.29, 1.82) is 0 Å². The van der Waals surface area contributed by atoms with Crippen molar-refractivity contribution in [3.63, 3.8) is 0 Å². The molecule has 0 amide bonds. The van der Waals surface area contributed by atoms with Crippen molar-refractivity contribution < 1.29 is 9.47 Å². The van der Waals surface area contributed by atoms with Crippen LogP contribution in [0.4, 0.5) is 0 Å². The number of hydrogen-bond donors (Lipinski definition) is 0. The summed E-state index contributed by atoms with van der Waals surface area (Å²) in [5.41, 5.74) is 1.37. The molecular formula is C14H20O2SSi. The van der Waals surface area contributed by atoms with E-state index in [2.05, 4.69) is 26.6 Å². The summed E-state index contributed by atoms with van der Waals surface area (Å²) >= 11 is 1.87. The lowest BCUT2D eigenvalue weighted by molar-refractivity contribution is 0.411. The van der Waals surface area contributed by atoms with Crippen LogP contribution in [0.2, 0.25) is 19.6 Å². The number of aryl methyl sites for hydroxylation is 1. The van der Waals surface area contributed by atoms with E-state index in [4.69, 9.17) is 9.47 Å². The topological polar surface area (TPSA) is 18.5 Å². The van der Waals surface area contributed by atoms with Crippen molar-refractivity contribution in [2.75, 3.05) is 14.2 Å². The Morgan fingerprint density at radius 3 is 2.06 bits per heavy atom. The van der Waals surface area contributed by atoms with Crippen LogP contribution in [0.15, 0.2) is 12.1 Å². The molecule has 0 saturated heterocycles. The minimum Gasteiger partial charge on any atom is -0.496 e. The van der Waals surface area contributed by atoms with Crippen LogP contribution < -0.4 is 14.0 Å². The Bertz CT molecular complexity index is 581. The molecule has 0 aliphatic rings. The molecule has 0 aliphatic heterocycles. The first-order valence-electron chi connectivity index (χ1n) is 6.04. The predicted molar refractivity (Wildman–Crippen MR) is 82.6 cm³/mol. The van der Waals surface area contributed by atoms with Gasteiger partial charge in [-0.1, -0.05) is 19.6 Å². The predicted octanol–water partition coefficient (Wildman–Crippen LogP) is 3.77. The Kier molecular flexibility index (Phi) is 3.42. The zero-order valence-electron chi connectivity index (χ0n) is 11.9. The fourth-order valence-electron chi connectivity index (χ4n) is 2.34. The van der Waals surface area contributed by atoms with Gasteiger partial charge in [-0.3, -0.25) is 0 Å². The number of hydrogen-bond acceptors (Lipinski definition) is 3. The summed E-state index contributed by atoms with van der Waals surface area (Å²) in [6, 6.07) is 3.99. The summed E-state index contributed by atoms with van der Waals surface area (Å²) < 4.78 is 13.7. The molecule has 1 aromatic carbocycles. The van der Waals surface area contributed by atoms with Crippen molar-refractivity contribution in [2.24, 2.45) is 0 Å². The first-order valence-corrected chi connectivity index (χ1v) is 10.4. The third-order valence-electron chi connectivity index (χ3n) is 3.12. The van der Waals surface area contributed by atoms with Crippen LogP contribution in [0, 0.1) is 6.92 Å². The highest BCUT2D eigenvalue weighted by molar-refractivity contribution is 7.32. The molecule has 2 nitrogen and oxygen atoms in total. The van der Waals surface area contributed by atoms with Crippen LogP contribution in [-0.2, 0) is 0 Å². The van der Waals surface area contributed by atoms with Gasteiger partial charge < -0.3 is 9.47 Å². The van der Waals surface area contributed by atoms with Crippen LogP contribution in [-0.4, -0.2) is 22.3 Å². The van der Waals surface area contributed by atoms with E-state index in [1.807, 2.05) is 23.5 Å². The van der Waals surface area contributed by atoms with E-state index in [-0.39, 0.29) is 0 Å². The molecule has 0 radical (unpaired) electrons. The summed E-state index contributed by atoms with van der Waals surface area (Å²) in [6.45, 7) is 9.34. The molecule has 1 heterocycles. The van der Waals surface area contributed by atoms with Gasteiger partial charge in [-0.2, -0.15) is 0 Å². The lowest BCUT2D eigenvalue weighted by Crippen LogP contribution is -2.36. The Hall–Kier alpha value is -1.00. The molecule has 0 atom stereocenters. The number of fused-ring (bicyclic) bond motifs is 1. The van der Waals surface area contributed by atoms with E-state index in [1.165, 1.54) is 20.2 Å². The molecule has 0 aliphatic carbocycles. The van der Waals surface area contributed by atoms with Crippen LogP contribution in [0.25, 0.3) is 10.1 Å². The number of ether oxygens (including phenoxy) is 2. The highest BCUT2D eigenvalue weighted by Crippen LogP contribution is 2.39. The monoisotopic (exact) mass is 280 g/mol. The number of benzene rings is 1. The van der Waals surface area contributed by atoms with Gasteiger partial charge in [-0.25, -0.2) is 0 Å². The fraction of sp³-hybridized carbons (Fsp3) is 0.429. The number of thiophene rings is 1. The third-order valence-corrected chi connectivity index (χ3v) is 8.12. The standard InChI is InChI=1S/C14H20O2SSi/c1-9-12-10(15-2)7-8-11(16-3)13(12)17-14(9)18(4,5)6/h7-8H,1-6H3. The zero-order valence-corrected chi connectivity index (χ0v) is 13.7. The smallest absolute Gasteiger partial charge is 0.136 e. The van der Waals surface area contributed by atoms with Gasteiger partial charge in [0, 0.05) is 5.39 Å². The maximum atomic E-state index is 5.50. The van der Waals surface area contributed by atoms with Crippen molar-refractivity contribution in [1.82, 2.24) is 0 Å². The van der Waals surface area contributed by atoms with Crippen molar-refractivity contribution in [3.8, 4) is 11.5 Å². The molecule has 0 fully saturated rings. The summed E-state index contributed by atoms with van der Waals surface area (Å²) in [4.78, 5) is 0. The van der Waals surface area contributed by atoms with E-state index >= 15 is 0 Å².